The van der Waals surface area contributed by atoms with Crippen molar-refractivity contribution in [3.8, 4) is 0 Å². The van der Waals surface area contributed by atoms with E-state index in [2.05, 4.69) is 20.4 Å². The molecule has 2 amide bonds. The molecule has 30 heavy (non-hydrogen) atoms. The van der Waals surface area contributed by atoms with E-state index in [1.807, 2.05) is 6.92 Å². The number of amides is 2. The summed E-state index contributed by atoms with van der Waals surface area (Å²) < 4.78 is 21.0. The fourth-order valence-corrected chi connectivity index (χ4v) is 3.88. The molecule has 5 rings (SSSR count). The van der Waals surface area contributed by atoms with Crippen molar-refractivity contribution in [2.75, 3.05) is 11.5 Å². The summed E-state index contributed by atoms with van der Waals surface area (Å²) >= 11 is 0. The van der Waals surface area contributed by atoms with Gasteiger partial charge in [0.05, 0.1) is 11.9 Å². The number of cyclic esters (lactones) is 1. The third kappa shape index (κ3) is 3.14. The molecule has 3 aromatic heterocycles. The standard InChI is InChI=1S/C20H19FN6O3/c1-11-3-2-4-13-7-12(21)8-15(24-13)16-10-30-20(29)27(16)17-5-6-26-18(25-17)14(9-22-26)19(28)23-11/h5-9,11,16H,2-4,10H2,1H3,(H,23,28)/t11-,16-/m1/s1. The zero-order valence-corrected chi connectivity index (χ0v) is 16.2. The number of hydrogen-bond acceptors (Lipinski definition) is 6. The highest BCUT2D eigenvalue weighted by atomic mass is 19.1. The van der Waals surface area contributed by atoms with Crippen LogP contribution in [-0.2, 0) is 11.2 Å². The maximum Gasteiger partial charge on any atom is 0.416 e. The van der Waals surface area contributed by atoms with Crippen LogP contribution in [0.15, 0.2) is 30.6 Å². The Bertz CT molecular complexity index is 1160. The van der Waals surface area contributed by atoms with Gasteiger partial charge in [0.15, 0.2) is 5.65 Å². The van der Waals surface area contributed by atoms with Gasteiger partial charge in [-0.25, -0.2) is 23.6 Å². The largest absolute Gasteiger partial charge is 0.446 e. The van der Waals surface area contributed by atoms with Crippen molar-refractivity contribution in [2.24, 2.45) is 0 Å². The predicted molar refractivity (Wildman–Crippen MR) is 104 cm³/mol. The van der Waals surface area contributed by atoms with Gasteiger partial charge in [-0.1, -0.05) is 0 Å². The molecule has 1 N–H and O–H groups in total. The van der Waals surface area contributed by atoms with Crippen molar-refractivity contribution in [3.05, 3.63) is 53.4 Å². The van der Waals surface area contributed by atoms with Gasteiger partial charge in [0, 0.05) is 17.9 Å². The van der Waals surface area contributed by atoms with Gasteiger partial charge in [-0.05, 0) is 44.4 Å². The lowest BCUT2D eigenvalue weighted by atomic mass is 10.1. The van der Waals surface area contributed by atoms with E-state index in [0.717, 1.165) is 6.42 Å². The molecule has 4 bridgehead atoms. The molecule has 0 saturated carbocycles. The zero-order valence-electron chi connectivity index (χ0n) is 16.2. The lowest BCUT2D eigenvalue weighted by Crippen LogP contribution is -2.32. The molecule has 1 fully saturated rings. The lowest BCUT2D eigenvalue weighted by molar-refractivity contribution is 0.0939. The SMILES string of the molecule is C[C@@H]1CCCc2cc(F)cc(n2)[C@H]2COC(=O)N2c2ccn3ncc(c3n2)C(=O)N1. The number of pyridine rings is 1. The summed E-state index contributed by atoms with van der Waals surface area (Å²) in [6.07, 6.45) is 4.43. The minimum atomic E-state index is -0.619. The number of carbonyl (C=O) groups excluding carboxylic acids is 2. The van der Waals surface area contributed by atoms with Crippen LogP contribution in [0.1, 0.15) is 47.6 Å². The molecule has 9 nitrogen and oxygen atoms in total. The quantitative estimate of drug-likeness (QED) is 0.611. The van der Waals surface area contributed by atoms with Crippen molar-refractivity contribution in [3.63, 3.8) is 0 Å². The second kappa shape index (κ2) is 7.05. The third-order valence-electron chi connectivity index (χ3n) is 5.37. The summed E-state index contributed by atoms with van der Waals surface area (Å²) in [4.78, 5) is 35.7. The Kier molecular flexibility index (Phi) is 4.34. The highest BCUT2D eigenvalue weighted by molar-refractivity contribution is 6.00. The summed E-state index contributed by atoms with van der Waals surface area (Å²) in [5, 5.41) is 7.12. The fourth-order valence-electron chi connectivity index (χ4n) is 3.88. The van der Waals surface area contributed by atoms with Crippen molar-refractivity contribution in [2.45, 2.75) is 38.3 Å². The average Bonchev–Trinajstić information content (AvgIpc) is 3.29. The molecule has 0 radical (unpaired) electrons. The van der Waals surface area contributed by atoms with Gasteiger partial charge in [-0.2, -0.15) is 5.10 Å². The van der Waals surface area contributed by atoms with Crippen LogP contribution in [-0.4, -0.2) is 44.2 Å². The number of aromatic nitrogens is 4. The summed E-state index contributed by atoms with van der Waals surface area (Å²) in [5.74, 6) is -0.427. The molecule has 1 saturated heterocycles. The van der Waals surface area contributed by atoms with Crippen LogP contribution in [0.3, 0.4) is 0 Å². The summed E-state index contributed by atoms with van der Waals surface area (Å²) in [7, 11) is 0. The molecule has 154 valence electrons. The van der Waals surface area contributed by atoms with Gasteiger partial charge in [0.1, 0.15) is 29.8 Å². The fraction of sp³-hybridized carbons (Fsp3) is 0.350. The Morgan fingerprint density at radius 2 is 2.13 bits per heavy atom. The second-order valence-corrected chi connectivity index (χ2v) is 7.54. The van der Waals surface area contributed by atoms with Gasteiger partial charge >= 0.3 is 6.09 Å². The van der Waals surface area contributed by atoms with Crippen molar-refractivity contribution < 1.29 is 18.7 Å². The molecule has 2 aliphatic heterocycles. The molecular formula is C20H19FN6O3. The van der Waals surface area contributed by atoms with Crippen LogP contribution in [0, 0.1) is 5.82 Å². The van der Waals surface area contributed by atoms with E-state index >= 15 is 0 Å². The average molecular weight is 410 g/mol. The second-order valence-electron chi connectivity index (χ2n) is 7.54. The molecule has 2 aliphatic rings. The van der Waals surface area contributed by atoms with E-state index in [1.54, 1.807) is 12.3 Å². The number of aryl methyl sites for hydroxylation is 1. The number of rotatable bonds is 0. The Hall–Kier alpha value is -3.56. The van der Waals surface area contributed by atoms with Crippen molar-refractivity contribution in [1.29, 1.82) is 0 Å². The first-order valence-corrected chi connectivity index (χ1v) is 9.77. The first-order valence-electron chi connectivity index (χ1n) is 9.77. The Balaban J connectivity index is 1.67. The molecule has 0 aromatic carbocycles. The minimum Gasteiger partial charge on any atom is -0.446 e. The molecule has 0 spiro atoms. The highest BCUT2D eigenvalue weighted by Crippen LogP contribution is 2.32. The Morgan fingerprint density at radius 1 is 1.27 bits per heavy atom. The molecule has 3 aromatic rings. The van der Waals surface area contributed by atoms with E-state index in [4.69, 9.17) is 4.74 Å². The van der Waals surface area contributed by atoms with Gasteiger partial charge in [0.25, 0.3) is 5.91 Å². The number of ether oxygens (including phenoxy) is 1. The summed E-state index contributed by atoms with van der Waals surface area (Å²) in [6.45, 7) is 1.95. The van der Waals surface area contributed by atoms with Crippen LogP contribution in [0.4, 0.5) is 15.0 Å². The van der Waals surface area contributed by atoms with Crippen LogP contribution >= 0.6 is 0 Å². The first kappa shape index (κ1) is 18.5. The van der Waals surface area contributed by atoms with E-state index in [1.165, 1.54) is 27.7 Å². The van der Waals surface area contributed by atoms with Crippen LogP contribution < -0.4 is 10.2 Å². The van der Waals surface area contributed by atoms with E-state index in [9.17, 15) is 14.0 Å². The van der Waals surface area contributed by atoms with Gasteiger partial charge < -0.3 is 10.1 Å². The number of carbonyl (C=O) groups is 2. The number of hydrogen-bond donors (Lipinski definition) is 1. The van der Waals surface area contributed by atoms with E-state index in [-0.39, 0.29) is 24.4 Å². The molecule has 2 atom stereocenters. The first-order chi connectivity index (χ1) is 14.5. The third-order valence-corrected chi connectivity index (χ3v) is 5.37. The molecule has 0 unspecified atom stereocenters. The van der Waals surface area contributed by atoms with Crippen LogP contribution in [0.5, 0.6) is 0 Å². The van der Waals surface area contributed by atoms with Crippen molar-refractivity contribution in [1.82, 2.24) is 24.9 Å². The Labute approximate surface area is 170 Å². The normalized spacial score (nSPS) is 21.7. The predicted octanol–water partition coefficient (Wildman–Crippen LogP) is 2.42. The van der Waals surface area contributed by atoms with Gasteiger partial charge in [-0.3, -0.25) is 9.78 Å². The molecule has 10 heteroatoms. The van der Waals surface area contributed by atoms with Gasteiger partial charge in [-0.15, -0.1) is 0 Å². The maximum atomic E-state index is 14.3. The summed E-state index contributed by atoms with van der Waals surface area (Å²) in [6, 6.07) is 3.60. The van der Waals surface area contributed by atoms with E-state index in [0.29, 0.717) is 35.4 Å². The summed E-state index contributed by atoms with van der Waals surface area (Å²) in [5.41, 5.74) is 1.63. The molecule has 5 heterocycles. The Morgan fingerprint density at radius 3 is 3.00 bits per heavy atom. The van der Waals surface area contributed by atoms with Gasteiger partial charge in [0.2, 0.25) is 0 Å². The zero-order chi connectivity index (χ0) is 20.8. The topological polar surface area (TPSA) is 102 Å². The number of nitrogens with zero attached hydrogens (tertiary/aromatic N) is 5. The lowest BCUT2D eigenvalue weighted by Gasteiger charge is -2.20. The number of anilines is 1. The minimum absolute atomic E-state index is 0.0330. The van der Waals surface area contributed by atoms with Crippen LogP contribution in [0.25, 0.3) is 5.65 Å². The van der Waals surface area contributed by atoms with Crippen LogP contribution in [0.2, 0.25) is 0 Å². The highest BCUT2D eigenvalue weighted by Gasteiger charge is 2.38. The number of fused-ring (bicyclic) bond motifs is 6. The molecule has 0 aliphatic carbocycles. The monoisotopic (exact) mass is 410 g/mol. The maximum absolute atomic E-state index is 14.3. The van der Waals surface area contributed by atoms with E-state index < -0.39 is 18.0 Å². The number of halogens is 1. The smallest absolute Gasteiger partial charge is 0.416 e. The number of nitrogens with one attached hydrogen (secondary N) is 1. The molecular weight excluding hydrogens is 391 g/mol. The van der Waals surface area contributed by atoms with Crippen molar-refractivity contribution >= 4 is 23.5 Å².